The lowest BCUT2D eigenvalue weighted by Gasteiger charge is -2.40. The monoisotopic (exact) mass is 362 g/mol. The molecule has 0 amide bonds. The summed E-state index contributed by atoms with van der Waals surface area (Å²) in [5.41, 5.74) is 10.2. The van der Waals surface area contributed by atoms with E-state index in [1.165, 1.54) is 31.2 Å². The minimum Gasteiger partial charge on any atom is -0.382 e. The summed E-state index contributed by atoms with van der Waals surface area (Å²) in [6.07, 6.45) is 13.0. The standard InChI is InChI=1S/C19H22N8/c20-17-16-14(18-22-8-1-9-23-18)15(26-27(16)25-12-24-17)13-2-4-19(5-3-13)6-10-21-11-7-19/h1-2,8-9,12,21H,3-7,10-11H2,(H2,20,24,25). The molecule has 1 aliphatic carbocycles. The Balaban J connectivity index is 1.63. The van der Waals surface area contributed by atoms with Crippen LogP contribution in [0.4, 0.5) is 5.82 Å². The average Bonchev–Trinajstić information content (AvgIpc) is 3.11. The van der Waals surface area contributed by atoms with Crippen LogP contribution in [-0.4, -0.2) is 42.9 Å². The highest BCUT2D eigenvalue weighted by Crippen LogP contribution is 2.46. The van der Waals surface area contributed by atoms with Crippen LogP contribution in [0, 0.1) is 5.41 Å². The summed E-state index contributed by atoms with van der Waals surface area (Å²) < 4.78 is 1.55. The van der Waals surface area contributed by atoms with E-state index < -0.39 is 0 Å². The molecule has 1 aliphatic heterocycles. The lowest BCUT2D eigenvalue weighted by Crippen LogP contribution is -2.37. The molecule has 5 rings (SSSR count). The van der Waals surface area contributed by atoms with Gasteiger partial charge in [0.2, 0.25) is 0 Å². The summed E-state index contributed by atoms with van der Waals surface area (Å²) in [4.78, 5) is 13.0. The molecule has 0 saturated carbocycles. The molecule has 8 nitrogen and oxygen atoms in total. The number of piperidine rings is 1. The quantitative estimate of drug-likeness (QED) is 0.719. The van der Waals surface area contributed by atoms with Crippen LogP contribution in [-0.2, 0) is 0 Å². The molecule has 2 aliphatic rings. The van der Waals surface area contributed by atoms with Crippen molar-refractivity contribution in [3.63, 3.8) is 0 Å². The number of nitrogen functional groups attached to an aromatic ring is 1. The Kier molecular flexibility index (Phi) is 3.86. The van der Waals surface area contributed by atoms with Gasteiger partial charge in [-0.25, -0.2) is 15.0 Å². The van der Waals surface area contributed by atoms with Gasteiger partial charge in [-0.1, -0.05) is 6.08 Å². The van der Waals surface area contributed by atoms with Crippen LogP contribution >= 0.6 is 0 Å². The van der Waals surface area contributed by atoms with Crippen LogP contribution in [0.15, 0.2) is 30.9 Å². The Morgan fingerprint density at radius 2 is 1.89 bits per heavy atom. The fourth-order valence-electron chi connectivity index (χ4n) is 4.35. The molecular weight excluding hydrogens is 340 g/mol. The number of aromatic nitrogens is 6. The highest BCUT2D eigenvalue weighted by molar-refractivity contribution is 5.92. The van der Waals surface area contributed by atoms with Crippen molar-refractivity contribution >= 4 is 16.9 Å². The molecule has 8 heteroatoms. The Morgan fingerprint density at radius 3 is 2.63 bits per heavy atom. The molecule has 27 heavy (non-hydrogen) atoms. The van der Waals surface area contributed by atoms with E-state index in [9.17, 15) is 0 Å². The highest BCUT2D eigenvalue weighted by Gasteiger charge is 2.35. The van der Waals surface area contributed by atoms with E-state index in [-0.39, 0.29) is 0 Å². The van der Waals surface area contributed by atoms with E-state index in [0.717, 1.165) is 37.2 Å². The number of hydrogen-bond acceptors (Lipinski definition) is 7. The lowest BCUT2D eigenvalue weighted by molar-refractivity contribution is 0.184. The molecular formula is C19H22N8. The first-order valence-corrected chi connectivity index (χ1v) is 9.43. The fourth-order valence-corrected chi connectivity index (χ4v) is 4.35. The summed E-state index contributed by atoms with van der Waals surface area (Å²) in [7, 11) is 0. The van der Waals surface area contributed by atoms with Gasteiger partial charge in [-0.3, -0.25) is 0 Å². The van der Waals surface area contributed by atoms with Gasteiger partial charge in [0.05, 0.1) is 5.56 Å². The number of anilines is 1. The fraction of sp³-hybridized carbons (Fsp3) is 0.421. The van der Waals surface area contributed by atoms with Crippen LogP contribution in [0.25, 0.3) is 22.5 Å². The van der Waals surface area contributed by atoms with Crippen molar-refractivity contribution in [2.75, 3.05) is 18.8 Å². The maximum absolute atomic E-state index is 6.16. The summed E-state index contributed by atoms with van der Waals surface area (Å²) in [6, 6.07) is 1.80. The van der Waals surface area contributed by atoms with Crippen LogP contribution < -0.4 is 11.1 Å². The van der Waals surface area contributed by atoms with Crippen molar-refractivity contribution in [2.45, 2.75) is 32.1 Å². The molecule has 1 saturated heterocycles. The number of fused-ring (bicyclic) bond motifs is 1. The SMILES string of the molecule is Nc1ncnn2nc(C3=CCC4(CCNCC4)CC3)c(-c3ncccn3)c12. The summed E-state index contributed by atoms with van der Waals surface area (Å²) in [6.45, 7) is 2.24. The van der Waals surface area contributed by atoms with Crippen LogP contribution in [0.5, 0.6) is 0 Å². The normalized spacial score (nSPS) is 19.3. The van der Waals surface area contributed by atoms with Crippen molar-refractivity contribution in [1.29, 1.82) is 0 Å². The molecule has 1 spiro atoms. The average molecular weight is 362 g/mol. The number of nitrogens with two attached hydrogens (primary N) is 1. The third kappa shape index (κ3) is 2.76. The van der Waals surface area contributed by atoms with E-state index in [1.54, 1.807) is 23.1 Å². The van der Waals surface area contributed by atoms with Crippen molar-refractivity contribution in [3.05, 3.63) is 36.6 Å². The van der Waals surface area contributed by atoms with Gasteiger partial charge in [0.15, 0.2) is 11.6 Å². The van der Waals surface area contributed by atoms with Gasteiger partial charge in [-0.05, 0) is 62.2 Å². The van der Waals surface area contributed by atoms with Crippen molar-refractivity contribution in [3.8, 4) is 11.4 Å². The summed E-state index contributed by atoms with van der Waals surface area (Å²) >= 11 is 0. The predicted octanol–water partition coefficient (Wildman–Crippen LogP) is 2.10. The van der Waals surface area contributed by atoms with Gasteiger partial charge in [-0.15, -0.1) is 14.8 Å². The molecule has 138 valence electrons. The molecule has 0 atom stereocenters. The molecule has 0 radical (unpaired) electrons. The largest absolute Gasteiger partial charge is 0.382 e. The molecule has 3 aromatic heterocycles. The van der Waals surface area contributed by atoms with E-state index in [1.807, 2.05) is 0 Å². The van der Waals surface area contributed by atoms with E-state index >= 15 is 0 Å². The molecule has 0 unspecified atom stereocenters. The zero-order chi connectivity index (χ0) is 18.3. The minimum absolute atomic E-state index is 0.387. The van der Waals surface area contributed by atoms with Crippen molar-refractivity contribution in [1.82, 2.24) is 35.1 Å². The number of nitrogens with one attached hydrogen (secondary N) is 1. The van der Waals surface area contributed by atoms with Gasteiger partial charge in [0, 0.05) is 12.4 Å². The zero-order valence-corrected chi connectivity index (χ0v) is 15.1. The number of hydrogen-bond donors (Lipinski definition) is 2. The van der Waals surface area contributed by atoms with Crippen LogP contribution in [0.1, 0.15) is 37.8 Å². The lowest BCUT2D eigenvalue weighted by atomic mass is 9.69. The van der Waals surface area contributed by atoms with E-state index in [4.69, 9.17) is 10.8 Å². The first-order chi connectivity index (χ1) is 13.3. The Labute approximate surface area is 156 Å². The summed E-state index contributed by atoms with van der Waals surface area (Å²) in [5, 5.41) is 12.5. The van der Waals surface area contributed by atoms with Gasteiger partial charge in [0.25, 0.3) is 0 Å². The van der Waals surface area contributed by atoms with Crippen molar-refractivity contribution < 1.29 is 0 Å². The number of rotatable bonds is 2. The molecule has 4 heterocycles. The second-order valence-electron chi connectivity index (χ2n) is 7.46. The number of nitrogens with zero attached hydrogens (tertiary/aromatic N) is 6. The highest BCUT2D eigenvalue weighted by atomic mass is 15.4. The second-order valence-corrected chi connectivity index (χ2v) is 7.46. The second kappa shape index (κ2) is 6.38. The Hall–Kier alpha value is -2.87. The minimum atomic E-state index is 0.387. The van der Waals surface area contributed by atoms with E-state index in [0.29, 0.717) is 22.6 Å². The smallest absolute Gasteiger partial charge is 0.163 e. The maximum Gasteiger partial charge on any atom is 0.163 e. The molecule has 1 fully saturated rings. The third-order valence-corrected chi connectivity index (χ3v) is 5.93. The topological polar surface area (TPSA) is 107 Å². The number of allylic oxidation sites excluding steroid dienone is 2. The van der Waals surface area contributed by atoms with Crippen molar-refractivity contribution in [2.24, 2.45) is 5.41 Å². The Bertz CT molecular complexity index is 1000. The molecule has 0 aromatic carbocycles. The van der Waals surface area contributed by atoms with Gasteiger partial charge < -0.3 is 11.1 Å². The zero-order valence-electron chi connectivity index (χ0n) is 15.1. The first kappa shape index (κ1) is 16.3. The maximum atomic E-state index is 6.16. The van der Waals surface area contributed by atoms with E-state index in [2.05, 4.69) is 31.4 Å². The van der Waals surface area contributed by atoms with Gasteiger partial charge in [0.1, 0.15) is 17.5 Å². The predicted molar refractivity (Wildman–Crippen MR) is 103 cm³/mol. The first-order valence-electron chi connectivity index (χ1n) is 9.43. The van der Waals surface area contributed by atoms with Crippen LogP contribution in [0.3, 0.4) is 0 Å². The third-order valence-electron chi connectivity index (χ3n) is 5.93. The summed E-state index contributed by atoms with van der Waals surface area (Å²) in [5.74, 6) is 0.990. The van der Waals surface area contributed by atoms with Crippen LogP contribution in [0.2, 0.25) is 0 Å². The molecule has 3 N–H and O–H groups in total. The molecule has 0 bridgehead atoms. The van der Waals surface area contributed by atoms with Gasteiger partial charge in [-0.2, -0.15) is 0 Å². The molecule has 3 aromatic rings. The van der Waals surface area contributed by atoms with Gasteiger partial charge >= 0.3 is 0 Å². The Morgan fingerprint density at radius 1 is 1.07 bits per heavy atom.